The number of carbonyl (C=O) groups excluding carboxylic acids is 1. The lowest BCUT2D eigenvalue weighted by Crippen LogP contribution is -2.52. The van der Waals surface area contributed by atoms with Crippen LogP contribution in [-0.4, -0.2) is 61.7 Å². The normalized spacial score (nSPS) is 15.6. The molecule has 5 nitrogen and oxygen atoms in total. The van der Waals surface area contributed by atoms with Gasteiger partial charge in [-0.1, -0.05) is 25.1 Å². The SMILES string of the molecule is CCCNC(=O)N1CCN(CCOc2ccccc2C)CC1. The Balaban J connectivity index is 1.65. The summed E-state index contributed by atoms with van der Waals surface area (Å²) >= 11 is 0. The van der Waals surface area contributed by atoms with Crippen molar-refractivity contribution in [3.8, 4) is 5.75 Å². The van der Waals surface area contributed by atoms with Crippen molar-refractivity contribution in [1.29, 1.82) is 0 Å². The smallest absolute Gasteiger partial charge is 0.317 e. The Bertz CT molecular complexity index is 471. The molecule has 1 aliphatic heterocycles. The molecule has 0 spiro atoms. The molecule has 1 aliphatic rings. The van der Waals surface area contributed by atoms with E-state index in [0.29, 0.717) is 6.61 Å². The summed E-state index contributed by atoms with van der Waals surface area (Å²) in [7, 11) is 0. The average Bonchev–Trinajstić information content (AvgIpc) is 2.55. The number of hydrogen-bond acceptors (Lipinski definition) is 3. The molecular weight excluding hydrogens is 278 g/mol. The van der Waals surface area contributed by atoms with Crippen molar-refractivity contribution in [3.05, 3.63) is 29.8 Å². The molecule has 0 aromatic heterocycles. The first-order valence-corrected chi connectivity index (χ1v) is 8.14. The Morgan fingerprint density at radius 1 is 1.23 bits per heavy atom. The fraction of sp³-hybridized carbons (Fsp3) is 0.588. The maximum Gasteiger partial charge on any atom is 0.317 e. The molecule has 0 bridgehead atoms. The van der Waals surface area contributed by atoms with Crippen LogP contribution in [0.15, 0.2) is 24.3 Å². The second-order valence-electron chi connectivity index (χ2n) is 5.67. The zero-order valence-electron chi connectivity index (χ0n) is 13.7. The van der Waals surface area contributed by atoms with E-state index in [-0.39, 0.29) is 6.03 Å². The molecule has 0 radical (unpaired) electrons. The second-order valence-corrected chi connectivity index (χ2v) is 5.67. The van der Waals surface area contributed by atoms with Crippen LogP contribution in [0.4, 0.5) is 4.79 Å². The largest absolute Gasteiger partial charge is 0.492 e. The molecule has 0 unspecified atom stereocenters. The second kappa shape index (κ2) is 8.63. The lowest BCUT2D eigenvalue weighted by atomic mass is 10.2. The highest BCUT2D eigenvalue weighted by atomic mass is 16.5. The molecule has 1 aromatic rings. The number of rotatable bonds is 6. The lowest BCUT2D eigenvalue weighted by molar-refractivity contribution is 0.126. The Morgan fingerprint density at radius 2 is 1.95 bits per heavy atom. The molecule has 0 aliphatic carbocycles. The number of carbonyl (C=O) groups is 1. The summed E-state index contributed by atoms with van der Waals surface area (Å²) in [6.07, 6.45) is 0.974. The third-order valence-electron chi connectivity index (χ3n) is 3.94. The summed E-state index contributed by atoms with van der Waals surface area (Å²) in [5.41, 5.74) is 1.17. The van der Waals surface area contributed by atoms with E-state index >= 15 is 0 Å². The van der Waals surface area contributed by atoms with Crippen molar-refractivity contribution in [2.75, 3.05) is 45.9 Å². The van der Waals surface area contributed by atoms with Gasteiger partial charge in [-0.3, -0.25) is 4.90 Å². The van der Waals surface area contributed by atoms with Gasteiger partial charge in [0.05, 0.1) is 0 Å². The Kier molecular flexibility index (Phi) is 6.52. The molecule has 1 N–H and O–H groups in total. The third-order valence-corrected chi connectivity index (χ3v) is 3.94. The highest BCUT2D eigenvalue weighted by molar-refractivity contribution is 5.74. The van der Waals surface area contributed by atoms with Gasteiger partial charge in [-0.05, 0) is 25.0 Å². The molecule has 1 saturated heterocycles. The highest BCUT2D eigenvalue weighted by Gasteiger charge is 2.20. The Hall–Kier alpha value is -1.75. The molecule has 5 heteroatoms. The number of piperazine rings is 1. The number of urea groups is 1. The number of nitrogens with one attached hydrogen (secondary N) is 1. The quantitative estimate of drug-likeness (QED) is 0.875. The average molecular weight is 305 g/mol. The minimum atomic E-state index is 0.0673. The summed E-state index contributed by atoms with van der Waals surface area (Å²) in [6, 6.07) is 8.15. The maximum atomic E-state index is 11.9. The number of aryl methyl sites for hydroxylation is 1. The first-order chi connectivity index (χ1) is 10.7. The van der Waals surface area contributed by atoms with Gasteiger partial charge in [0.2, 0.25) is 0 Å². The zero-order valence-corrected chi connectivity index (χ0v) is 13.7. The van der Waals surface area contributed by atoms with Gasteiger partial charge >= 0.3 is 6.03 Å². The number of nitrogens with zero attached hydrogens (tertiary/aromatic N) is 2. The minimum absolute atomic E-state index is 0.0673. The van der Waals surface area contributed by atoms with Gasteiger partial charge < -0.3 is 15.0 Å². The van der Waals surface area contributed by atoms with Crippen molar-refractivity contribution in [2.24, 2.45) is 0 Å². The molecule has 0 saturated carbocycles. The molecule has 1 fully saturated rings. The molecule has 2 amide bonds. The first-order valence-electron chi connectivity index (χ1n) is 8.14. The molecule has 122 valence electrons. The van der Waals surface area contributed by atoms with Gasteiger partial charge in [0.25, 0.3) is 0 Å². The predicted molar refractivity (Wildman–Crippen MR) is 88.4 cm³/mol. The van der Waals surface area contributed by atoms with E-state index in [0.717, 1.165) is 51.4 Å². The fourth-order valence-corrected chi connectivity index (χ4v) is 2.52. The minimum Gasteiger partial charge on any atom is -0.492 e. The van der Waals surface area contributed by atoms with Crippen LogP contribution in [0.5, 0.6) is 5.75 Å². The summed E-state index contributed by atoms with van der Waals surface area (Å²) in [5.74, 6) is 0.958. The zero-order chi connectivity index (χ0) is 15.8. The molecule has 22 heavy (non-hydrogen) atoms. The van der Waals surface area contributed by atoms with E-state index in [4.69, 9.17) is 4.74 Å². The molecule has 1 heterocycles. The summed E-state index contributed by atoms with van der Waals surface area (Å²) in [6.45, 7) is 9.87. The number of benzene rings is 1. The topological polar surface area (TPSA) is 44.8 Å². The van der Waals surface area contributed by atoms with Crippen molar-refractivity contribution >= 4 is 6.03 Å². The van der Waals surface area contributed by atoms with Crippen LogP contribution < -0.4 is 10.1 Å². The monoisotopic (exact) mass is 305 g/mol. The van der Waals surface area contributed by atoms with Crippen molar-refractivity contribution < 1.29 is 9.53 Å². The van der Waals surface area contributed by atoms with Crippen LogP contribution >= 0.6 is 0 Å². The van der Waals surface area contributed by atoms with Gasteiger partial charge in [0, 0.05) is 39.3 Å². The van der Waals surface area contributed by atoms with E-state index in [2.05, 4.69) is 30.1 Å². The summed E-state index contributed by atoms with van der Waals surface area (Å²) in [4.78, 5) is 16.1. The van der Waals surface area contributed by atoms with Crippen LogP contribution in [0, 0.1) is 6.92 Å². The lowest BCUT2D eigenvalue weighted by Gasteiger charge is -2.34. The van der Waals surface area contributed by atoms with Crippen LogP contribution in [0.1, 0.15) is 18.9 Å². The number of para-hydroxylation sites is 1. The summed E-state index contributed by atoms with van der Waals surface area (Å²) in [5, 5.41) is 2.93. The van der Waals surface area contributed by atoms with E-state index in [1.54, 1.807) is 0 Å². The number of amides is 2. The molecule has 0 atom stereocenters. The third kappa shape index (κ3) is 4.91. The molecular formula is C17H27N3O2. The van der Waals surface area contributed by atoms with Crippen molar-refractivity contribution in [3.63, 3.8) is 0 Å². The van der Waals surface area contributed by atoms with E-state index in [1.165, 1.54) is 5.56 Å². The van der Waals surface area contributed by atoms with Crippen LogP contribution in [0.25, 0.3) is 0 Å². The van der Waals surface area contributed by atoms with Crippen molar-refractivity contribution in [2.45, 2.75) is 20.3 Å². The predicted octanol–water partition coefficient (Wildman–Crippen LogP) is 2.11. The highest BCUT2D eigenvalue weighted by Crippen LogP contribution is 2.16. The van der Waals surface area contributed by atoms with Crippen LogP contribution in [0.3, 0.4) is 0 Å². The van der Waals surface area contributed by atoms with E-state index < -0.39 is 0 Å². The van der Waals surface area contributed by atoms with Gasteiger partial charge in [-0.2, -0.15) is 0 Å². The van der Waals surface area contributed by atoms with Gasteiger partial charge in [0.15, 0.2) is 0 Å². The first kappa shape index (κ1) is 16.6. The van der Waals surface area contributed by atoms with Gasteiger partial charge in [-0.25, -0.2) is 4.79 Å². The fourth-order valence-electron chi connectivity index (χ4n) is 2.52. The Morgan fingerprint density at radius 3 is 2.64 bits per heavy atom. The van der Waals surface area contributed by atoms with Crippen molar-refractivity contribution in [1.82, 2.24) is 15.1 Å². The number of ether oxygens (including phenoxy) is 1. The van der Waals surface area contributed by atoms with Crippen LogP contribution in [0.2, 0.25) is 0 Å². The van der Waals surface area contributed by atoms with Gasteiger partial charge in [-0.15, -0.1) is 0 Å². The van der Waals surface area contributed by atoms with E-state index in [9.17, 15) is 4.79 Å². The summed E-state index contributed by atoms with van der Waals surface area (Å²) < 4.78 is 5.83. The van der Waals surface area contributed by atoms with Crippen LogP contribution in [-0.2, 0) is 0 Å². The number of hydrogen-bond donors (Lipinski definition) is 1. The Labute approximate surface area is 133 Å². The standard InChI is InChI=1S/C17H27N3O2/c1-3-8-18-17(21)20-11-9-19(10-12-20)13-14-22-16-7-5-4-6-15(16)2/h4-7H,3,8-14H2,1-2H3,(H,18,21). The van der Waals surface area contributed by atoms with E-state index in [1.807, 2.05) is 23.1 Å². The maximum absolute atomic E-state index is 11.9. The molecule has 1 aromatic carbocycles. The van der Waals surface area contributed by atoms with Gasteiger partial charge in [0.1, 0.15) is 12.4 Å². The molecule has 2 rings (SSSR count).